The summed E-state index contributed by atoms with van der Waals surface area (Å²) in [5.41, 5.74) is 2.99. The van der Waals surface area contributed by atoms with Crippen molar-refractivity contribution in [3.8, 4) is 11.3 Å². The number of nitrogens with zero attached hydrogens (tertiary/aromatic N) is 4. The lowest BCUT2D eigenvalue weighted by Gasteiger charge is -2.04. The van der Waals surface area contributed by atoms with E-state index in [1.807, 2.05) is 42.3 Å². The summed E-state index contributed by atoms with van der Waals surface area (Å²) in [6, 6.07) is 10.2. The third-order valence-corrected chi connectivity index (χ3v) is 3.03. The first kappa shape index (κ1) is 12.3. The Labute approximate surface area is 117 Å². The summed E-state index contributed by atoms with van der Waals surface area (Å²) in [5, 5.41) is 7.43. The molecule has 0 unspecified atom stereocenters. The van der Waals surface area contributed by atoms with E-state index in [-0.39, 0.29) is 0 Å². The Hall–Kier alpha value is -2.69. The molecule has 0 amide bonds. The molecule has 0 saturated heterocycles. The summed E-state index contributed by atoms with van der Waals surface area (Å²) >= 11 is 0. The van der Waals surface area contributed by atoms with Gasteiger partial charge in [0.2, 0.25) is 0 Å². The lowest BCUT2D eigenvalue weighted by Crippen LogP contribution is -1.99. The van der Waals surface area contributed by atoms with Crippen LogP contribution in [0.15, 0.2) is 55.1 Å². The number of nitrogens with one attached hydrogen (secondary N) is 1. The van der Waals surface area contributed by atoms with Crippen molar-refractivity contribution in [3.63, 3.8) is 0 Å². The highest BCUT2D eigenvalue weighted by Crippen LogP contribution is 2.22. The largest absolute Gasteiger partial charge is 0.371 e. The second-order valence-electron chi connectivity index (χ2n) is 4.42. The van der Waals surface area contributed by atoms with E-state index in [1.165, 1.54) is 5.56 Å². The Balaban J connectivity index is 1.87. The van der Waals surface area contributed by atoms with Crippen molar-refractivity contribution in [1.29, 1.82) is 0 Å². The number of hydrogen-bond donors (Lipinski definition) is 1. The predicted molar refractivity (Wildman–Crippen MR) is 78.3 cm³/mol. The van der Waals surface area contributed by atoms with Crippen LogP contribution in [0.1, 0.15) is 5.56 Å². The molecule has 3 rings (SSSR count). The molecular formula is C15H15N5. The van der Waals surface area contributed by atoms with Crippen molar-refractivity contribution in [2.45, 2.75) is 6.54 Å². The highest BCUT2D eigenvalue weighted by Gasteiger charge is 2.08. The predicted octanol–water partition coefficient (Wildman–Crippen LogP) is 2.43. The van der Waals surface area contributed by atoms with Crippen LogP contribution in [0.2, 0.25) is 0 Å². The second-order valence-corrected chi connectivity index (χ2v) is 4.42. The average molecular weight is 265 g/mol. The standard InChI is InChI=1S/C15H15N5/c1-16-15-14(17-7-8-18-15)13-9-19-20(11-13)10-12-5-3-2-4-6-12/h2-9,11H,10H2,1H3,(H,16,18). The summed E-state index contributed by atoms with van der Waals surface area (Å²) in [6.45, 7) is 0.746. The van der Waals surface area contributed by atoms with Crippen LogP contribution in [-0.4, -0.2) is 26.8 Å². The van der Waals surface area contributed by atoms with E-state index in [2.05, 4.69) is 32.5 Å². The summed E-state index contributed by atoms with van der Waals surface area (Å²) in [7, 11) is 1.84. The van der Waals surface area contributed by atoms with Crippen LogP contribution in [0, 0.1) is 0 Å². The van der Waals surface area contributed by atoms with E-state index in [1.54, 1.807) is 12.4 Å². The van der Waals surface area contributed by atoms with Gasteiger partial charge >= 0.3 is 0 Å². The van der Waals surface area contributed by atoms with E-state index >= 15 is 0 Å². The van der Waals surface area contributed by atoms with E-state index in [9.17, 15) is 0 Å². The number of anilines is 1. The fraction of sp³-hybridized carbons (Fsp3) is 0.133. The van der Waals surface area contributed by atoms with E-state index < -0.39 is 0 Å². The van der Waals surface area contributed by atoms with E-state index in [4.69, 9.17) is 0 Å². The van der Waals surface area contributed by atoms with Gasteiger partial charge in [-0.1, -0.05) is 30.3 Å². The van der Waals surface area contributed by atoms with Gasteiger partial charge in [0, 0.05) is 31.2 Å². The normalized spacial score (nSPS) is 10.4. The van der Waals surface area contributed by atoms with E-state index in [0.717, 1.165) is 23.6 Å². The number of hydrogen-bond acceptors (Lipinski definition) is 4. The molecule has 2 aromatic heterocycles. The fourth-order valence-corrected chi connectivity index (χ4v) is 2.08. The molecule has 3 aromatic rings. The Morgan fingerprint density at radius 2 is 1.90 bits per heavy atom. The number of aromatic nitrogens is 4. The molecule has 5 heteroatoms. The van der Waals surface area contributed by atoms with Crippen molar-refractivity contribution in [1.82, 2.24) is 19.7 Å². The zero-order chi connectivity index (χ0) is 13.8. The zero-order valence-electron chi connectivity index (χ0n) is 11.2. The first-order valence-corrected chi connectivity index (χ1v) is 6.42. The Morgan fingerprint density at radius 1 is 1.10 bits per heavy atom. The zero-order valence-corrected chi connectivity index (χ0v) is 11.2. The molecule has 0 atom stereocenters. The number of rotatable bonds is 4. The Kier molecular flexibility index (Phi) is 3.41. The minimum Gasteiger partial charge on any atom is -0.371 e. The van der Waals surface area contributed by atoms with Gasteiger partial charge in [-0.2, -0.15) is 5.10 Å². The van der Waals surface area contributed by atoms with Gasteiger partial charge in [0.05, 0.1) is 12.7 Å². The van der Waals surface area contributed by atoms with Crippen LogP contribution < -0.4 is 5.32 Å². The van der Waals surface area contributed by atoms with Gasteiger partial charge in [-0.05, 0) is 5.56 Å². The molecule has 0 fully saturated rings. The quantitative estimate of drug-likeness (QED) is 0.787. The highest BCUT2D eigenvalue weighted by atomic mass is 15.3. The lowest BCUT2D eigenvalue weighted by molar-refractivity contribution is 0.687. The molecule has 1 aromatic carbocycles. The van der Waals surface area contributed by atoms with Crippen molar-refractivity contribution in [2.24, 2.45) is 0 Å². The molecular weight excluding hydrogens is 250 g/mol. The smallest absolute Gasteiger partial charge is 0.152 e. The molecule has 0 aliphatic heterocycles. The average Bonchev–Trinajstić information content (AvgIpc) is 2.96. The summed E-state index contributed by atoms with van der Waals surface area (Å²) in [5.74, 6) is 0.756. The number of benzene rings is 1. The van der Waals surface area contributed by atoms with Crippen molar-refractivity contribution < 1.29 is 0 Å². The van der Waals surface area contributed by atoms with Crippen LogP contribution in [0.3, 0.4) is 0 Å². The molecule has 2 heterocycles. The van der Waals surface area contributed by atoms with Crippen LogP contribution >= 0.6 is 0 Å². The fourth-order valence-electron chi connectivity index (χ4n) is 2.08. The van der Waals surface area contributed by atoms with Crippen molar-refractivity contribution in [2.75, 3.05) is 12.4 Å². The molecule has 0 radical (unpaired) electrons. The Bertz CT molecular complexity index is 690. The molecule has 0 aliphatic rings. The topological polar surface area (TPSA) is 55.6 Å². The SMILES string of the molecule is CNc1nccnc1-c1cnn(Cc2ccccc2)c1. The van der Waals surface area contributed by atoms with Gasteiger partial charge in [-0.25, -0.2) is 4.98 Å². The van der Waals surface area contributed by atoms with Crippen LogP contribution in [0.25, 0.3) is 11.3 Å². The van der Waals surface area contributed by atoms with Gasteiger partial charge in [0.25, 0.3) is 0 Å². The maximum Gasteiger partial charge on any atom is 0.152 e. The molecule has 100 valence electrons. The van der Waals surface area contributed by atoms with Gasteiger partial charge in [-0.15, -0.1) is 0 Å². The van der Waals surface area contributed by atoms with Crippen LogP contribution in [0.4, 0.5) is 5.82 Å². The Morgan fingerprint density at radius 3 is 2.70 bits per heavy atom. The monoisotopic (exact) mass is 265 g/mol. The molecule has 1 N–H and O–H groups in total. The molecule has 0 bridgehead atoms. The minimum absolute atomic E-state index is 0.746. The molecule has 0 saturated carbocycles. The van der Waals surface area contributed by atoms with Crippen LogP contribution in [0.5, 0.6) is 0 Å². The van der Waals surface area contributed by atoms with Gasteiger partial charge in [-0.3, -0.25) is 9.67 Å². The lowest BCUT2D eigenvalue weighted by atomic mass is 10.2. The van der Waals surface area contributed by atoms with Gasteiger partial charge < -0.3 is 5.32 Å². The van der Waals surface area contributed by atoms with Gasteiger partial charge in [0.15, 0.2) is 5.82 Å². The minimum atomic E-state index is 0.746. The molecule has 0 spiro atoms. The third-order valence-electron chi connectivity index (χ3n) is 3.03. The first-order valence-electron chi connectivity index (χ1n) is 6.42. The summed E-state index contributed by atoms with van der Waals surface area (Å²) in [4.78, 5) is 8.62. The van der Waals surface area contributed by atoms with E-state index in [0.29, 0.717) is 0 Å². The molecule has 5 nitrogen and oxygen atoms in total. The van der Waals surface area contributed by atoms with Gasteiger partial charge in [0.1, 0.15) is 5.69 Å². The maximum atomic E-state index is 4.38. The van der Waals surface area contributed by atoms with Crippen molar-refractivity contribution in [3.05, 3.63) is 60.7 Å². The maximum absolute atomic E-state index is 4.38. The molecule has 20 heavy (non-hydrogen) atoms. The van der Waals surface area contributed by atoms with Crippen LogP contribution in [-0.2, 0) is 6.54 Å². The summed E-state index contributed by atoms with van der Waals surface area (Å²) in [6.07, 6.45) is 7.15. The van der Waals surface area contributed by atoms with Crippen molar-refractivity contribution >= 4 is 5.82 Å². The molecule has 0 aliphatic carbocycles. The highest BCUT2D eigenvalue weighted by molar-refractivity contribution is 5.69. The third kappa shape index (κ3) is 2.51. The first-order chi connectivity index (χ1) is 9.86. The summed E-state index contributed by atoms with van der Waals surface area (Å²) < 4.78 is 1.90. The second kappa shape index (κ2) is 5.52.